The van der Waals surface area contributed by atoms with Crippen LogP contribution in [0.5, 0.6) is 0 Å². The van der Waals surface area contributed by atoms with E-state index in [1.54, 1.807) is 23.1 Å². The third-order valence-corrected chi connectivity index (χ3v) is 4.04. The van der Waals surface area contributed by atoms with Crippen molar-refractivity contribution in [1.29, 1.82) is 5.26 Å². The topological polar surface area (TPSA) is 56.1 Å². The first-order chi connectivity index (χ1) is 11.6. The Morgan fingerprint density at radius 3 is 2.67 bits per heavy atom. The van der Waals surface area contributed by atoms with Crippen LogP contribution in [-0.4, -0.2) is 23.4 Å². The van der Waals surface area contributed by atoms with E-state index in [0.29, 0.717) is 25.2 Å². The van der Waals surface area contributed by atoms with Gasteiger partial charge in [-0.2, -0.15) is 5.26 Å². The molecule has 0 radical (unpaired) electrons. The minimum absolute atomic E-state index is 0.0951. The lowest BCUT2D eigenvalue weighted by Crippen LogP contribution is -2.33. The van der Waals surface area contributed by atoms with Gasteiger partial charge in [-0.05, 0) is 36.2 Å². The molecular weight excluding hydrogens is 312 g/mol. The Kier molecular flexibility index (Phi) is 4.43. The summed E-state index contributed by atoms with van der Waals surface area (Å²) in [6.07, 6.45) is 0.557. The quantitative estimate of drug-likeness (QED) is 0.939. The van der Waals surface area contributed by atoms with Crippen LogP contribution in [0.25, 0.3) is 0 Å². The number of carbonyl (C=O) groups is 1. The van der Waals surface area contributed by atoms with Gasteiger partial charge in [0.15, 0.2) is 0 Å². The number of hydrogen-bond acceptors (Lipinski definition) is 3. The Morgan fingerprint density at radius 1 is 1.21 bits per heavy atom. The molecule has 3 rings (SSSR count). The summed E-state index contributed by atoms with van der Waals surface area (Å²) in [6, 6.07) is 11.6. The molecule has 1 saturated heterocycles. The molecule has 1 fully saturated rings. The lowest BCUT2D eigenvalue weighted by Gasteiger charge is -2.18. The Labute approximate surface area is 138 Å². The average molecular weight is 327 g/mol. The predicted octanol–water partition coefficient (Wildman–Crippen LogP) is 3.05. The minimum atomic E-state index is -0.615. The molecule has 0 aliphatic carbocycles. The van der Waals surface area contributed by atoms with Crippen molar-refractivity contribution < 1.29 is 13.6 Å². The Balaban J connectivity index is 1.70. The summed E-state index contributed by atoms with van der Waals surface area (Å²) < 4.78 is 26.6. The van der Waals surface area contributed by atoms with Crippen molar-refractivity contribution in [1.82, 2.24) is 4.90 Å². The largest absolute Gasteiger partial charge is 0.372 e. The van der Waals surface area contributed by atoms with E-state index in [4.69, 9.17) is 5.26 Å². The van der Waals surface area contributed by atoms with Gasteiger partial charge in [-0.3, -0.25) is 4.79 Å². The molecule has 0 spiro atoms. The number of anilines is 1. The molecule has 24 heavy (non-hydrogen) atoms. The summed E-state index contributed by atoms with van der Waals surface area (Å²) in [5, 5.41) is 12.0. The monoisotopic (exact) mass is 327 g/mol. The molecule has 6 heteroatoms. The van der Waals surface area contributed by atoms with Gasteiger partial charge in [0.1, 0.15) is 29.3 Å². The van der Waals surface area contributed by atoms with E-state index in [1.165, 1.54) is 24.3 Å². The van der Waals surface area contributed by atoms with Gasteiger partial charge in [-0.1, -0.05) is 18.2 Å². The summed E-state index contributed by atoms with van der Waals surface area (Å²) >= 11 is 0. The maximum atomic E-state index is 13.6. The molecule has 0 aromatic heterocycles. The first-order valence-electron chi connectivity index (χ1n) is 7.57. The molecule has 1 amide bonds. The van der Waals surface area contributed by atoms with Crippen LogP contribution < -0.4 is 5.32 Å². The van der Waals surface area contributed by atoms with Crippen LogP contribution in [0.1, 0.15) is 17.5 Å². The number of likely N-dealkylation sites (tertiary alicyclic amines) is 1. The van der Waals surface area contributed by atoms with Gasteiger partial charge in [0.2, 0.25) is 5.91 Å². The molecule has 1 aliphatic heterocycles. The second-order valence-electron chi connectivity index (χ2n) is 5.65. The van der Waals surface area contributed by atoms with E-state index in [0.717, 1.165) is 5.56 Å². The van der Waals surface area contributed by atoms with Crippen molar-refractivity contribution in [2.24, 2.45) is 0 Å². The summed E-state index contributed by atoms with van der Waals surface area (Å²) in [6.45, 7) is 0.941. The summed E-state index contributed by atoms with van der Waals surface area (Å²) in [5.74, 6) is -1.05. The Bertz CT molecular complexity index is 799. The molecule has 2 aromatic rings. The molecule has 0 bridgehead atoms. The molecule has 4 nitrogen and oxygen atoms in total. The minimum Gasteiger partial charge on any atom is -0.372 e. The van der Waals surface area contributed by atoms with Crippen LogP contribution in [0.4, 0.5) is 14.5 Å². The zero-order chi connectivity index (χ0) is 17.1. The number of nitrogens with one attached hydrogen (secondary N) is 1. The molecule has 1 N–H and O–H groups in total. The van der Waals surface area contributed by atoms with Crippen LogP contribution in [0.3, 0.4) is 0 Å². The molecule has 1 atom stereocenters. The molecule has 2 aromatic carbocycles. The molecule has 0 saturated carbocycles. The van der Waals surface area contributed by atoms with Gasteiger partial charge in [-0.25, -0.2) is 8.78 Å². The fourth-order valence-corrected chi connectivity index (χ4v) is 2.79. The zero-order valence-electron chi connectivity index (χ0n) is 12.8. The number of carbonyl (C=O) groups excluding carboxylic acids is 1. The highest BCUT2D eigenvalue weighted by Crippen LogP contribution is 2.23. The lowest BCUT2D eigenvalue weighted by molar-refractivity contribution is -0.128. The molecule has 1 unspecified atom stereocenters. The second kappa shape index (κ2) is 6.67. The Morgan fingerprint density at radius 2 is 1.96 bits per heavy atom. The van der Waals surface area contributed by atoms with Crippen molar-refractivity contribution >= 4 is 11.6 Å². The summed E-state index contributed by atoms with van der Waals surface area (Å²) in [7, 11) is 0. The first kappa shape index (κ1) is 15.9. The number of benzene rings is 2. The van der Waals surface area contributed by atoms with Gasteiger partial charge < -0.3 is 10.2 Å². The SMILES string of the molecule is N#Cc1c(F)cccc1NC1CCN(Cc2ccc(F)cc2)C1=O. The van der Waals surface area contributed by atoms with E-state index < -0.39 is 11.9 Å². The summed E-state index contributed by atoms with van der Waals surface area (Å²) in [4.78, 5) is 14.1. The van der Waals surface area contributed by atoms with Crippen LogP contribution in [0.15, 0.2) is 42.5 Å². The molecule has 122 valence electrons. The zero-order valence-corrected chi connectivity index (χ0v) is 12.8. The highest BCUT2D eigenvalue weighted by molar-refractivity contribution is 5.87. The van der Waals surface area contributed by atoms with Gasteiger partial charge in [0.05, 0.1) is 5.69 Å². The van der Waals surface area contributed by atoms with E-state index in [9.17, 15) is 13.6 Å². The average Bonchev–Trinajstić information content (AvgIpc) is 2.90. The normalized spacial score (nSPS) is 17.0. The van der Waals surface area contributed by atoms with Crippen LogP contribution in [-0.2, 0) is 11.3 Å². The lowest BCUT2D eigenvalue weighted by atomic mass is 10.1. The summed E-state index contributed by atoms with van der Waals surface area (Å²) in [5.41, 5.74) is 1.07. The van der Waals surface area contributed by atoms with Crippen LogP contribution in [0.2, 0.25) is 0 Å². The third-order valence-electron chi connectivity index (χ3n) is 4.04. The van der Waals surface area contributed by atoms with Crippen molar-refractivity contribution in [3.63, 3.8) is 0 Å². The van der Waals surface area contributed by atoms with Gasteiger partial charge in [-0.15, -0.1) is 0 Å². The van der Waals surface area contributed by atoms with Crippen molar-refractivity contribution in [2.75, 3.05) is 11.9 Å². The first-order valence-corrected chi connectivity index (χ1v) is 7.57. The Hall–Kier alpha value is -2.94. The number of hydrogen-bond donors (Lipinski definition) is 1. The number of nitriles is 1. The van der Waals surface area contributed by atoms with E-state index in [2.05, 4.69) is 5.32 Å². The molecular formula is C18H15F2N3O. The van der Waals surface area contributed by atoms with Crippen molar-refractivity contribution in [3.05, 3.63) is 65.2 Å². The fraction of sp³-hybridized carbons (Fsp3) is 0.222. The maximum absolute atomic E-state index is 13.6. The molecule has 1 aliphatic rings. The number of halogens is 2. The van der Waals surface area contributed by atoms with Gasteiger partial charge in [0, 0.05) is 13.1 Å². The third kappa shape index (κ3) is 3.20. The highest BCUT2D eigenvalue weighted by Gasteiger charge is 2.32. The van der Waals surface area contributed by atoms with Crippen molar-refractivity contribution in [3.8, 4) is 6.07 Å². The van der Waals surface area contributed by atoms with E-state index in [-0.39, 0.29) is 17.3 Å². The van der Waals surface area contributed by atoms with Crippen molar-refractivity contribution in [2.45, 2.75) is 19.0 Å². The highest BCUT2D eigenvalue weighted by atomic mass is 19.1. The van der Waals surface area contributed by atoms with E-state index >= 15 is 0 Å². The van der Waals surface area contributed by atoms with Gasteiger partial charge >= 0.3 is 0 Å². The maximum Gasteiger partial charge on any atom is 0.245 e. The van der Waals surface area contributed by atoms with E-state index in [1.807, 2.05) is 6.07 Å². The smallest absolute Gasteiger partial charge is 0.245 e. The standard InChI is InChI=1S/C18H15F2N3O/c19-13-6-4-12(5-7-13)11-23-9-8-17(18(23)24)22-16-3-1-2-15(20)14(16)10-21/h1-7,17,22H,8-9,11H2. The van der Waals surface area contributed by atoms with Crippen LogP contribution >= 0.6 is 0 Å². The number of rotatable bonds is 4. The number of amides is 1. The number of nitrogens with zero attached hydrogens (tertiary/aromatic N) is 2. The van der Waals surface area contributed by atoms with Gasteiger partial charge in [0.25, 0.3) is 0 Å². The fourth-order valence-electron chi connectivity index (χ4n) is 2.79. The van der Waals surface area contributed by atoms with Crippen LogP contribution in [0, 0.1) is 23.0 Å². The predicted molar refractivity (Wildman–Crippen MR) is 85.0 cm³/mol. The second-order valence-corrected chi connectivity index (χ2v) is 5.65. The molecule has 1 heterocycles.